The van der Waals surface area contributed by atoms with Gasteiger partial charge in [-0.05, 0) is 49.9 Å². The van der Waals surface area contributed by atoms with Gasteiger partial charge >= 0.3 is 6.18 Å². The van der Waals surface area contributed by atoms with E-state index in [0.717, 1.165) is 25.3 Å². The second-order valence-corrected chi connectivity index (χ2v) is 6.62. The molecular formula is C18H20F3N5O. The van der Waals surface area contributed by atoms with Crippen molar-refractivity contribution in [3.63, 3.8) is 0 Å². The lowest BCUT2D eigenvalue weighted by Gasteiger charge is -2.28. The molecule has 2 heterocycles. The summed E-state index contributed by atoms with van der Waals surface area (Å²) in [6.45, 7) is 0. The first-order valence-electron chi connectivity index (χ1n) is 8.61. The topological polar surface area (TPSA) is 107 Å². The molecule has 9 heteroatoms. The number of pyridine rings is 2. The van der Waals surface area contributed by atoms with Crippen molar-refractivity contribution in [2.75, 3.05) is 11.1 Å². The zero-order valence-corrected chi connectivity index (χ0v) is 14.5. The number of carbonyl (C=O) groups is 1. The van der Waals surface area contributed by atoms with Crippen LogP contribution in [0.3, 0.4) is 0 Å². The van der Waals surface area contributed by atoms with Crippen LogP contribution in [0.15, 0.2) is 30.5 Å². The van der Waals surface area contributed by atoms with Crippen molar-refractivity contribution in [2.45, 2.75) is 43.9 Å². The van der Waals surface area contributed by atoms with E-state index in [9.17, 15) is 18.0 Å². The highest BCUT2D eigenvalue weighted by Gasteiger charge is 2.37. The highest BCUT2D eigenvalue weighted by atomic mass is 19.4. The van der Waals surface area contributed by atoms with E-state index in [-0.39, 0.29) is 29.3 Å². The van der Waals surface area contributed by atoms with Crippen LogP contribution in [0, 0.1) is 0 Å². The Bertz CT molecular complexity index is 840. The van der Waals surface area contributed by atoms with Gasteiger partial charge in [0.1, 0.15) is 17.3 Å². The van der Waals surface area contributed by atoms with E-state index in [1.165, 1.54) is 24.4 Å². The van der Waals surface area contributed by atoms with Gasteiger partial charge in [0.2, 0.25) is 5.78 Å². The van der Waals surface area contributed by atoms with Gasteiger partial charge in [-0.2, -0.15) is 13.2 Å². The third-order valence-electron chi connectivity index (χ3n) is 4.57. The minimum Gasteiger partial charge on any atom is -0.383 e. The number of ketones is 1. The Morgan fingerprint density at radius 3 is 2.67 bits per heavy atom. The SMILES string of the molecule is Nc1ncccc1C(=O)c1nc(NC2CCCC(N)C2)ccc1C(F)(F)F. The lowest BCUT2D eigenvalue weighted by Crippen LogP contribution is -2.35. The highest BCUT2D eigenvalue weighted by Crippen LogP contribution is 2.34. The average molecular weight is 379 g/mol. The van der Waals surface area contributed by atoms with Crippen molar-refractivity contribution in [3.8, 4) is 0 Å². The molecule has 1 aliphatic rings. The molecule has 6 nitrogen and oxygen atoms in total. The Balaban J connectivity index is 1.96. The Labute approximate surface area is 154 Å². The Morgan fingerprint density at radius 1 is 1.22 bits per heavy atom. The molecule has 0 aromatic carbocycles. The molecule has 2 aromatic rings. The molecule has 144 valence electrons. The van der Waals surface area contributed by atoms with Crippen LogP contribution in [-0.2, 0) is 6.18 Å². The molecule has 0 aliphatic heterocycles. The second kappa shape index (κ2) is 7.51. The van der Waals surface area contributed by atoms with Crippen molar-refractivity contribution in [2.24, 2.45) is 5.73 Å². The van der Waals surface area contributed by atoms with Crippen LogP contribution in [-0.4, -0.2) is 27.8 Å². The van der Waals surface area contributed by atoms with Gasteiger partial charge in [-0.15, -0.1) is 0 Å². The summed E-state index contributed by atoms with van der Waals surface area (Å²) in [4.78, 5) is 20.4. The van der Waals surface area contributed by atoms with Crippen molar-refractivity contribution in [1.29, 1.82) is 0 Å². The molecule has 1 saturated carbocycles. The number of carbonyl (C=O) groups excluding carboxylic acids is 1. The predicted molar refractivity (Wildman–Crippen MR) is 95.2 cm³/mol. The summed E-state index contributed by atoms with van der Waals surface area (Å²) in [5.74, 6) is -0.862. The fraction of sp³-hybridized carbons (Fsp3) is 0.389. The summed E-state index contributed by atoms with van der Waals surface area (Å²) in [6.07, 6.45) is 0.0199. The molecule has 0 spiro atoms. The fourth-order valence-corrected chi connectivity index (χ4v) is 3.25. The molecule has 0 bridgehead atoms. The largest absolute Gasteiger partial charge is 0.418 e. The fourth-order valence-electron chi connectivity index (χ4n) is 3.25. The summed E-state index contributed by atoms with van der Waals surface area (Å²) in [5, 5.41) is 3.09. The van der Waals surface area contributed by atoms with Crippen LogP contribution in [0.5, 0.6) is 0 Å². The molecule has 2 unspecified atom stereocenters. The first kappa shape index (κ1) is 19.1. The molecule has 0 saturated heterocycles. The summed E-state index contributed by atoms with van der Waals surface area (Å²) >= 11 is 0. The number of rotatable bonds is 4. The van der Waals surface area contributed by atoms with Gasteiger partial charge in [0.05, 0.1) is 11.1 Å². The molecule has 5 N–H and O–H groups in total. The number of nitrogens with two attached hydrogens (primary N) is 2. The normalized spacial score (nSPS) is 20.3. The minimum atomic E-state index is -4.72. The lowest BCUT2D eigenvalue weighted by atomic mass is 9.91. The number of anilines is 2. The van der Waals surface area contributed by atoms with Crippen LogP contribution < -0.4 is 16.8 Å². The number of aromatic nitrogens is 2. The van der Waals surface area contributed by atoms with Crippen LogP contribution >= 0.6 is 0 Å². The van der Waals surface area contributed by atoms with E-state index in [1.54, 1.807) is 0 Å². The number of alkyl halides is 3. The van der Waals surface area contributed by atoms with Crippen molar-refractivity contribution in [3.05, 3.63) is 47.3 Å². The first-order valence-corrected chi connectivity index (χ1v) is 8.61. The number of nitrogen functional groups attached to an aromatic ring is 1. The second-order valence-electron chi connectivity index (χ2n) is 6.62. The quantitative estimate of drug-likeness (QED) is 0.705. The standard InChI is InChI=1S/C18H20F3N5O/c19-18(20,21)13-6-7-14(25-11-4-1-3-10(22)9-11)26-15(13)16(27)12-5-2-8-24-17(12)23/h2,5-8,10-11H,1,3-4,9,22H2,(H2,23,24)(H,25,26). The number of nitrogens with zero attached hydrogens (tertiary/aromatic N) is 2. The summed E-state index contributed by atoms with van der Waals surface area (Å²) in [7, 11) is 0. The Hall–Kier alpha value is -2.68. The van der Waals surface area contributed by atoms with E-state index < -0.39 is 23.2 Å². The number of halogens is 3. The maximum Gasteiger partial charge on any atom is 0.418 e. The lowest BCUT2D eigenvalue weighted by molar-refractivity contribution is -0.138. The maximum atomic E-state index is 13.4. The third-order valence-corrected chi connectivity index (χ3v) is 4.57. The summed E-state index contributed by atoms with van der Waals surface area (Å²) in [6, 6.07) is 4.89. The molecule has 1 aliphatic carbocycles. The number of hydrogen-bond acceptors (Lipinski definition) is 6. The molecule has 0 radical (unpaired) electrons. The van der Waals surface area contributed by atoms with Gasteiger partial charge in [-0.1, -0.05) is 0 Å². The first-order chi connectivity index (χ1) is 12.8. The van der Waals surface area contributed by atoms with Gasteiger partial charge in [0.25, 0.3) is 0 Å². The van der Waals surface area contributed by atoms with Crippen molar-refractivity contribution < 1.29 is 18.0 Å². The Morgan fingerprint density at radius 2 is 2.00 bits per heavy atom. The van der Waals surface area contributed by atoms with Gasteiger partial charge in [0, 0.05) is 18.3 Å². The van der Waals surface area contributed by atoms with Gasteiger partial charge < -0.3 is 16.8 Å². The molecule has 2 aromatic heterocycles. The van der Waals surface area contributed by atoms with Crippen molar-refractivity contribution >= 4 is 17.4 Å². The van der Waals surface area contributed by atoms with Crippen LogP contribution in [0.1, 0.15) is 47.3 Å². The smallest absolute Gasteiger partial charge is 0.383 e. The molecule has 0 amide bonds. The molecule has 1 fully saturated rings. The molecule has 3 rings (SSSR count). The molecule has 27 heavy (non-hydrogen) atoms. The maximum absolute atomic E-state index is 13.4. The Kier molecular flexibility index (Phi) is 5.31. The van der Waals surface area contributed by atoms with Crippen molar-refractivity contribution in [1.82, 2.24) is 9.97 Å². The third kappa shape index (κ3) is 4.36. The van der Waals surface area contributed by atoms with Crippen LogP contribution in [0.4, 0.5) is 24.8 Å². The zero-order chi connectivity index (χ0) is 19.6. The van der Waals surface area contributed by atoms with E-state index in [0.29, 0.717) is 6.42 Å². The predicted octanol–water partition coefficient (Wildman–Crippen LogP) is 2.99. The zero-order valence-electron chi connectivity index (χ0n) is 14.5. The van der Waals surface area contributed by atoms with Crippen LogP contribution in [0.2, 0.25) is 0 Å². The van der Waals surface area contributed by atoms with E-state index >= 15 is 0 Å². The number of hydrogen-bond donors (Lipinski definition) is 3. The van der Waals surface area contributed by atoms with E-state index in [2.05, 4.69) is 15.3 Å². The molecule has 2 atom stereocenters. The minimum absolute atomic E-state index is 0.00407. The van der Waals surface area contributed by atoms with Gasteiger partial charge in [0.15, 0.2) is 0 Å². The monoisotopic (exact) mass is 379 g/mol. The molecular weight excluding hydrogens is 359 g/mol. The average Bonchev–Trinajstić information content (AvgIpc) is 2.60. The highest BCUT2D eigenvalue weighted by molar-refractivity contribution is 6.11. The van der Waals surface area contributed by atoms with E-state index in [4.69, 9.17) is 11.5 Å². The van der Waals surface area contributed by atoms with Crippen LogP contribution in [0.25, 0.3) is 0 Å². The van der Waals surface area contributed by atoms with E-state index in [1.807, 2.05) is 0 Å². The summed E-state index contributed by atoms with van der Waals surface area (Å²) in [5.41, 5.74) is 9.67. The summed E-state index contributed by atoms with van der Waals surface area (Å²) < 4.78 is 40.2. The van der Waals surface area contributed by atoms with Gasteiger partial charge in [-0.3, -0.25) is 4.79 Å². The number of nitrogens with one attached hydrogen (secondary N) is 1. The van der Waals surface area contributed by atoms with Gasteiger partial charge in [-0.25, -0.2) is 9.97 Å².